The van der Waals surface area contributed by atoms with Gasteiger partial charge in [-0.1, -0.05) is 25.1 Å². The van der Waals surface area contributed by atoms with E-state index in [1.54, 1.807) is 6.92 Å². The van der Waals surface area contributed by atoms with Crippen molar-refractivity contribution >= 4 is 11.1 Å². The predicted molar refractivity (Wildman–Crippen MR) is 87.7 cm³/mol. The third-order valence-electron chi connectivity index (χ3n) is 3.62. The van der Waals surface area contributed by atoms with E-state index in [0.29, 0.717) is 12.0 Å². The molecular weight excluding hydrogens is 369 g/mol. The minimum atomic E-state index is -4.86. The van der Waals surface area contributed by atoms with Crippen molar-refractivity contribution in [2.24, 2.45) is 0 Å². The summed E-state index contributed by atoms with van der Waals surface area (Å²) >= 11 is 0. The summed E-state index contributed by atoms with van der Waals surface area (Å²) in [6, 6.07) is 6.29. The van der Waals surface area contributed by atoms with Gasteiger partial charge in [0.05, 0.1) is 0 Å². The third-order valence-corrected chi connectivity index (χ3v) is 3.62. The molecule has 142 valence electrons. The predicted octanol–water partition coefficient (Wildman–Crippen LogP) is 2.92. The summed E-state index contributed by atoms with van der Waals surface area (Å²) in [5.74, 6) is -0.437. The Morgan fingerprint density at radius 2 is 1.93 bits per heavy atom. The second-order valence-electron chi connectivity index (χ2n) is 5.44. The van der Waals surface area contributed by atoms with Gasteiger partial charge in [0.1, 0.15) is 17.7 Å². The Hall–Kier alpha value is -3.30. The molecule has 0 aliphatic rings. The Labute approximate surface area is 149 Å². The van der Waals surface area contributed by atoms with Gasteiger partial charge in [-0.25, -0.2) is 4.79 Å². The van der Waals surface area contributed by atoms with Crippen LogP contribution in [0.3, 0.4) is 0 Å². The highest BCUT2D eigenvalue weighted by Gasteiger charge is 2.32. The van der Waals surface area contributed by atoms with Crippen molar-refractivity contribution in [3.63, 3.8) is 0 Å². The van der Waals surface area contributed by atoms with Crippen LogP contribution >= 0.6 is 0 Å². The van der Waals surface area contributed by atoms with Crippen LogP contribution < -0.4 is 20.7 Å². The lowest BCUT2D eigenvalue weighted by atomic mass is 10.1. The van der Waals surface area contributed by atoms with Crippen molar-refractivity contribution < 1.29 is 27.1 Å². The van der Waals surface area contributed by atoms with Crippen molar-refractivity contribution in [2.45, 2.75) is 26.3 Å². The van der Waals surface area contributed by atoms with Crippen molar-refractivity contribution in [1.29, 1.82) is 0 Å². The number of fused-ring (bicyclic) bond motifs is 1. The smallest absolute Gasteiger partial charge is 0.460 e. The molecule has 0 saturated heterocycles. The van der Waals surface area contributed by atoms with Gasteiger partial charge in [0, 0.05) is 11.6 Å². The first-order valence-electron chi connectivity index (χ1n) is 7.80. The van der Waals surface area contributed by atoms with E-state index in [2.05, 4.69) is 14.7 Å². The van der Waals surface area contributed by atoms with Crippen LogP contribution in [-0.4, -0.2) is 16.3 Å². The number of aromatic amines is 1. The monoisotopic (exact) mass is 382 g/mol. The SMILES string of the molecule is CCc1cc(=O)oc2nc(OCc3ccccc3OC(F)(F)F)[nH]c(=O)c12. The second kappa shape index (κ2) is 7.14. The summed E-state index contributed by atoms with van der Waals surface area (Å²) in [5, 5.41) is 0.116. The molecule has 0 aliphatic carbocycles. The number of halogens is 3. The number of benzene rings is 1. The first-order chi connectivity index (χ1) is 12.8. The molecule has 0 atom stereocenters. The molecule has 0 fully saturated rings. The lowest BCUT2D eigenvalue weighted by molar-refractivity contribution is -0.275. The number of H-pyrrole nitrogens is 1. The minimum absolute atomic E-state index is 0.0846. The van der Waals surface area contributed by atoms with E-state index in [-0.39, 0.29) is 29.3 Å². The fourth-order valence-electron chi connectivity index (χ4n) is 2.47. The van der Waals surface area contributed by atoms with E-state index in [1.807, 2.05) is 0 Å². The van der Waals surface area contributed by atoms with Crippen LogP contribution in [0.2, 0.25) is 0 Å². The Morgan fingerprint density at radius 1 is 1.19 bits per heavy atom. The van der Waals surface area contributed by atoms with Crippen LogP contribution in [0.4, 0.5) is 13.2 Å². The molecule has 0 saturated carbocycles. The molecule has 0 radical (unpaired) electrons. The van der Waals surface area contributed by atoms with Gasteiger partial charge in [-0.05, 0) is 18.1 Å². The molecular formula is C17H13F3N2O5. The number of hydrogen-bond acceptors (Lipinski definition) is 6. The van der Waals surface area contributed by atoms with Gasteiger partial charge in [-0.3, -0.25) is 9.78 Å². The fraction of sp³-hybridized carbons (Fsp3) is 0.235. The molecule has 3 rings (SSSR count). The Morgan fingerprint density at radius 3 is 2.63 bits per heavy atom. The minimum Gasteiger partial charge on any atom is -0.460 e. The summed E-state index contributed by atoms with van der Waals surface area (Å²) < 4.78 is 51.5. The highest BCUT2D eigenvalue weighted by Crippen LogP contribution is 2.26. The summed E-state index contributed by atoms with van der Waals surface area (Å²) in [4.78, 5) is 30.1. The lowest BCUT2D eigenvalue weighted by Crippen LogP contribution is -2.19. The zero-order valence-electron chi connectivity index (χ0n) is 13.9. The number of nitrogens with one attached hydrogen (secondary N) is 1. The number of alkyl halides is 3. The first kappa shape index (κ1) is 18.5. The lowest BCUT2D eigenvalue weighted by Gasteiger charge is -2.13. The molecule has 2 aromatic heterocycles. The summed E-state index contributed by atoms with van der Waals surface area (Å²) in [7, 11) is 0. The van der Waals surface area contributed by atoms with Gasteiger partial charge in [0.15, 0.2) is 0 Å². The number of para-hydroxylation sites is 1. The standard InChI is InChI=1S/C17H13F3N2O5/c1-2-9-7-12(23)26-15-13(9)14(24)21-16(22-15)25-8-10-5-3-4-6-11(10)27-17(18,19)20/h3-7H,2,8H2,1H3,(H,21,22,24). The molecule has 1 aromatic carbocycles. The molecule has 0 bridgehead atoms. The van der Waals surface area contributed by atoms with Gasteiger partial charge in [0.25, 0.3) is 11.6 Å². The van der Waals surface area contributed by atoms with E-state index in [0.717, 1.165) is 6.07 Å². The molecule has 27 heavy (non-hydrogen) atoms. The van der Waals surface area contributed by atoms with Gasteiger partial charge in [-0.2, -0.15) is 4.98 Å². The van der Waals surface area contributed by atoms with Crippen LogP contribution in [0.15, 0.2) is 44.3 Å². The van der Waals surface area contributed by atoms with E-state index in [1.165, 1.54) is 24.3 Å². The van der Waals surface area contributed by atoms with Crippen molar-refractivity contribution in [2.75, 3.05) is 0 Å². The third kappa shape index (κ3) is 4.27. The zero-order valence-corrected chi connectivity index (χ0v) is 13.9. The summed E-state index contributed by atoms with van der Waals surface area (Å²) in [5.41, 5.74) is -0.924. The molecule has 2 heterocycles. The largest absolute Gasteiger partial charge is 0.573 e. The van der Waals surface area contributed by atoms with Crippen molar-refractivity contribution in [1.82, 2.24) is 9.97 Å². The number of nitrogens with zero attached hydrogens (tertiary/aromatic N) is 1. The zero-order chi connectivity index (χ0) is 19.6. The van der Waals surface area contributed by atoms with E-state index < -0.39 is 23.3 Å². The topological polar surface area (TPSA) is 94.4 Å². The maximum atomic E-state index is 12.5. The van der Waals surface area contributed by atoms with E-state index in [4.69, 9.17) is 9.15 Å². The van der Waals surface area contributed by atoms with E-state index in [9.17, 15) is 22.8 Å². The Kier molecular flexibility index (Phi) is 4.89. The van der Waals surface area contributed by atoms with Crippen LogP contribution in [0.25, 0.3) is 11.1 Å². The number of aromatic nitrogens is 2. The van der Waals surface area contributed by atoms with Crippen LogP contribution in [-0.2, 0) is 13.0 Å². The summed E-state index contributed by atoms with van der Waals surface area (Å²) in [6.07, 6.45) is -4.44. The maximum absolute atomic E-state index is 12.5. The van der Waals surface area contributed by atoms with Crippen LogP contribution in [0.1, 0.15) is 18.1 Å². The van der Waals surface area contributed by atoms with Gasteiger partial charge >= 0.3 is 12.0 Å². The average Bonchev–Trinajstić information content (AvgIpc) is 2.58. The van der Waals surface area contributed by atoms with Crippen molar-refractivity contribution in [3.05, 3.63) is 62.2 Å². The summed E-state index contributed by atoms with van der Waals surface area (Å²) in [6.45, 7) is 1.40. The molecule has 0 spiro atoms. The quantitative estimate of drug-likeness (QED) is 0.729. The fourth-order valence-corrected chi connectivity index (χ4v) is 2.47. The average molecular weight is 382 g/mol. The number of aryl methyl sites for hydroxylation is 1. The van der Waals surface area contributed by atoms with Gasteiger partial charge < -0.3 is 13.9 Å². The second-order valence-corrected chi connectivity index (χ2v) is 5.44. The molecule has 7 nitrogen and oxygen atoms in total. The van der Waals surface area contributed by atoms with Crippen LogP contribution in [0, 0.1) is 0 Å². The molecule has 0 unspecified atom stereocenters. The van der Waals surface area contributed by atoms with Crippen LogP contribution in [0.5, 0.6) is 11.8 Å². The maximum Gasteiger partial charge on any atom is 0.573 e. The molecule has 1 N–H and O–H groups in total. The van der Waals surface area contributed by atoms with Crippen molar-refractivity contribution in [3.8, 4) is 11.8 Å². The van der Waals surface area contributed by atoms with Gasteiger partial charge in [0.2, 0.25) is 5.71 Å². The molecule has 0 amide bonds. The Balaban J connectivity index is 1.91. The highest BCUT2D eigenvalue weighted by atomic mass is 19.4. The molecule has 3 aromatic rings. The molecule has 10 heteroatoms. The molecule has 0 aliphatic heterocycles. The number of ether oxygens (including phenoxy) is 2. The van der Waals surface area contributed by atoms with E-state index >= 15 is 0 Å². The normalized spacial score (nSPS) is 11.6. The van der Waals surface area contributed by atoms with Gasteiger partial charge in [-0.15, -0.1) is 13.2 Å². The number of rotatable bonds is 5. The highest BCUT2D eigenvalue weighted by molar-refractivity contribution is 5.75. The first-order valence-corrected chi connectivity index (χ1v) is 7.80. The Bertz CT molecular complexity index is 1090. The number of hydrogen-bond donors (Lipinski definition) is 1.